The molecule has 7 heteroatoms. The summed E-state index contributed by atoms with van der Waals surface area (Å²) in [6.45, 7) is 4.46. The lowest BCUT2D eigenvalue weighted by Gasteiger charge is -2.09. The molecule has 1 aromatic carbocycles. The number of aryl methyl sites for hydroxylation is 1. The second kappa shape index (κ2) is 7.02. The molecule has 0 saturated heterocycles. The van der Waals surface area contributed by atoms with Crippen LogP contribution in [0.3, 0.4) is 0 Å². The van der Waals surface area contributed by atoms with Gasteiger partial charge in [0, 0.05) is 17.5 Å². The van der Waals surface area contributed by atoms with Crippen LogP contribution in [0.2, 0.25) is 5.15 Å². The fourth-order valence-corrected chi connectivity index (χ4v) is 3.02. The maximum Gasteiger partial charge on any atom is 0.147 e. The zero-order valence-corrected chi connectivity index (χ0v) is 14.4. The molecule has 1 N–H and O–H groups in total. The fraction of sp³-hybridized carbons (Fsp3) is 0.250. The molecule has 3 aromatic rings. The van der Waals surface area contributed by atoms with E-state index in [-0.39, 0.29) is 0 Å². The van der Waals surface area contributed by atoms with Gasteiger partial charge in [0.1, 0.15) is 26.8 Å². The molecule has 0 aliphatic heterocycles. The monoisotopic (exact) mass is 345 g/mol. The Hall–Kier alpha value is -2.05. The second-order valence-corrected chi connectivity index (χ2v) is 6.40. The standard InChI is InChI=1S/C16H16ClN5S/c1-3-12-19-14(17)10(2)15(20-12)18-9-13-21-22-16(23-13)11-7-5-4-6-8-11/h4-8H,3,9H2,1-2H3,(H,18,19,20). The first-order valence-electron chi connectivity index (χ1n) is 7.32. The van der Waals surface area contributed by atoms with Gasteiger partial charge in [-0.25, -0.2) is 9.97 Å². The van der Waals surface area contributed by atoms with E-state index in [4.69, 9.17) is 11.6 Å². The Bertz CT molecular complexity index is 803. The van der Waals surface area contributed by atoms with E-state index >= 15 is 0 Å². The lowest BCUT2D eigenvalue weighted by Crippen LogP contribution is -2.07. The first-order chi connectivity index (χ1) is 11.2. The van der Waals surface area contributed by atoms with Crippen LogP contribution in [0, 0.1) is 6.92 Å². The van der Waals surface area contributed by atoms with Crippen LogP contribution >= 0.6 is 22.9 Å². The molecule has 2 heterocycles. The fourth-order valence-electron chi connectivity index (χ4n) is 2.04. The number of halogens is 1. The summed E-state index contributed by atoms with van der Waals surface area (Å²) in [5, 5.41) is 14.1. The summed E-state index contributed by atoms with van der Waals surface area (Å²) in [7, 11) is 0. The van der Waals surface area contributed by atoms with E-state index in [9.17, 15) is 0 Å². The number of anilines is 1. The van der Waals surface area contributed by atoms with E-state index in [1.807, 2.05) is 44.2 Å². The molecule has 23 heavy (non-hydrogen) atoms. The summed E-state index contributed by atoms with van der Waals surface area (Å²) in [5.74, 6) is 1.48. The molecule has 2 aromatic heterocycles. The van der Waals surface area contributed by atoms with Crippen LogP contribution in [0.25, 0.3) is 10.6 Å². The molecule has 0 saturated carbocycles. The Labute approximate surface area is 143 Å². The number of benzene rings is 1. The average molecular weight is 346 g/mol. The second-order valence-electron chi connectivity index (χ2n) is 4.98. The van der Waals surface area contributed by atoms with Crippen molar-refractivity contribution in [2.45, 2.75) is 26.8 Å². The van der Waals surface area contributed by atoms with Crippen molar-refractivity contribution in [2.24, 2.45) is 0 Å². The summed E-state index contributed by atoms with van der Waals surface area (Å²) < 4.78 is 0. The maximum atomic E-state index is 6.15. The summed E-state index contributed by atoms with van der Waals surface area (Å²) in [6, 6.07) is 10.0. The van der Waals surface area contributed by atoms with Gasteiger partial charge < -0.3 is 5.32 Å². The predicted octanol–water partition coefficient (Wildman–Crippen LogP) is 4.13. The van der Waals surface area contributed by atoms with Gasteiger partial charge in [-0.15, -0.1) is 10.2 Å². The molecule has 0 unspecified atom stereocenters. The highest BCUT2D eigenvalue weighted by Crippen LogP contribution is 2.25. The predicted molar refractivity (Wildman–Crippen MR) is 93.8 cm³/mol. The Morgan fingerprint density at radius 1 is 1.13 bits per heavy atom. The van der Waals surface area contributed by atoms with Gasteiger partial charge in [0.25, 0.3) is 0 Å². The van der Waals surface area contributed by atoms with Gasteiger partial charge in [0.2, 0.25) is 0 Å². The van der Waals surface area contributed by atoms with E-state index in [0.29, 0.717) is 11.7 Å². The minimum Gasteiger partial charge on any atom is -0.363 e. The number of nitrogens with one attached hydrogen (secondary N) is 1. The Balaban J connectivity index is 1.75. The molecule has 0 fully saturated rings. The lowest BCUT2D eigenvalue weighted by atomic mass is 10.2. The minimum atomic E-state index is 0.488. The zero-order valence-electron chi connectivity index (χ0n) is 12.9. The molecule has 5 nitrogen and oxygen atoms in total. The number of hydrogen-bond donors (Lipinski definition) is 1. The Morgan fingerprint density at radius 2 is 1.91 bits per heavy atom. The van der Waals surface area contributed by atoms with E-state index in [1.165, 1.54) is 0 Å². The third-order valence-electron chi connectivity index (χ3n) is 3.34. The van der Waals surface area contributed by atoms with Crippen molar-refractivity contribution in [1.29, 1.82) is 0 Å². The van der Waals surface area contributed by atoms with E-state index in [0.717, 1.165) is 39.2 Å². The van der Waals surface area contributed by atoms with E-state index < -0.39 is 0 Å². The number of aromatic nitrogens is 4. The first kappa shape index (κ1) is 15.8. The highest BCUT2D eigenvalue weighted by atomic mass is 35.5. The van der Waals surface area contributed by atoms with Crippen molar-refractivity contribution >= 4 is 28.8 Å². The largest absolute Gasteiger partial charge is 0.363 e. The molecule has 3 rings (SSSR count). The Kier molecular flexibility index (Phi) is 4.83. The quantitative estimate of drug-likeness (QED) is 0.704. The topological polar surface area (TPSA) is 63.6 Å². The van der Waals surface area contributed by atoms with Crippen LogP contribution in [0.4, 0.5) is 5.82 Å². The van der Waals surface area contributed by atoms with E-state index in [2.05, 4.69) is 25.5 Å². The van der Waals surface area contributed by atoms with Gasteiger partial charge in [0.05, 0.1) is 6.54 Å². The van der Waals surface area contributed by atoms with Crippen molar-refractivity contribution in [3.8, 4) is 10.6 Å². The first-order valence-corrected chi connectivity index (χ1v) is 8.51. The minimum absolute atomic E-state index is 0.488. The molecular weight excluding hydrogens is 330 g/mol. The molecule has 0 amide bonds. The molecule has 0 aliphatic carbocycles. The summed E-state index contributed by atoms with van der Waals surface area (Å²) >= 11 is 7.71. The molecule has 0 atom stereocenters. The average Bonchev–Trinajstić information content (AvgIpc) is 3.06. The van der Waals surface area contributed by atoms with Crippen molar-refractivity contribution in [1.82, 2.24) is 20.2 Å². The van der Waals surface area contributed by atoms with Gasteiger partial charge >= 0.3 is 0 Å². The summed E-state index contributed by atoms with van der Waals surface area (Å²) in [5.41, 5.74) is 1.92. The Morgan fingerprint density at radius 3 is 2.65 bits per heavy atom. The van der Waals surface area contributed by atoms with E-state index in [1.54, 1.807) is 11.3 Å². The molecular formula is C16H16ClN5S. The van der Waals surface area contributed by atoms with Gasteiger partial charge in [-0.1, -0.05) is 60.2 Å². The highest BCUT2D eigenvalue weighted by molar-refractivity contribution is 7.14. The summed E-state index contributed by atoms with van der Waals surface area (Å²) in [6.07, 6.45) is 0.742. The smallest absolute Gasteiger partial charge is 0.147 e. The van der Waals surface area contributed by atoms with Gasteiger partial charge in [-0.2, -0.15) is 0 Å². The molecule has 0 bridgehead atoms. The van der Waals surface area contributed by atoms with Gasteiger partial charge in [-0.3, -0.25) is 0 Å². The highest BCUT2D eigenvalue weighted by Gasteiger charge is 2.10. The number of rotatable bonds is 5. The third kappa shape index (κ3) is 3.65. The van der Waals surface area contributed by atoms with Crippen molar-refractivity contribution < 1.29 is 0 Å². The van der Waals surface area contributed by atoms with Crippen LogP contribution < -0.4 is 5.32 Å². The number of nitrogens with zero attached hydrogens (tertiary/aromatic N) is 4. The lowest BCUT2D eigenvalue weighted by molar-refractivity contribution is 0.916. The van der Waals surface area contributed by atoms with Crippen molar-refractivity contribution in [3.63, 3.8) is 0 Å². The van der Waals surface area contributed by atoms with Crippen LogP contribution in [0.1, 0.15) is 23.3 Å². The van der Waals surface area contributed by atoms with Crippen LogP contribution in [-0.4, -0.2) is 20.2 Å². The number of hydrogen-bond acceptors (Lipinski definition) is 6. The van der Waals surface area contributed by atoms with Crippen molar-refractivity contribution in [2.75, 3.05) is 5.32 Å². The van der Waals surface area contributed by atoms with Crippen LogP contribution in [-0.2, 0) is 13.0 Å². The van der Waals surface area contributed by atoms with Crippen molar-refractivity contribution in [3.05, 3.63) is 51.9 Å². The molecule has 118 valence electrons. The SMILES string of the molecule is CCc1nc(Cl)c(C)c(NCc2nnc(-c3ccccc3)s2)n1. The molecule has 0 radical (unpaired) electrons. The molecule has 0 aliphatic rings. The van der Waals surface area contributed by atoms with Gasteiger partial charge in [-0.05, 0) is 6.92 Å². The zero-order chi connectivity index (χ0) is 16.2. The van der Waals surface area contributed by atoms with Crippen LogP contribution in [0.5, 0.6) is 0 Å². The third-order valence-corrected chi connectivity index (χ3v) is 4.68. The summed E-state index contributed by atoms with van der Waals surface area (Å²) in [4.78, 5) is 8.72. The molecule has 0 spiro atoms. The maximum absolute atomic E-state index is 6.15. The van der Waals surface area contributed by atoms with Crippen LogP contribution in [0.15, 0.2) is 30.3 Å². The normalized spacial score (nSPS) is 10.7. The van der Waals surface area contributed by atoms with Gasteiger partial charge in [0.15, 0.2) is 0 Å².